The number of para-hydroxylation sites is 1. The summed E-state index contributed by atoms with van der Waals surface area (Å²) >= 11 is 0. The van der Waals surface area contributed by atoms with Gasteiger partial charge in [0.2, 0.25) is 0 Å². The summed E-state index contributed by atoms with van der Waals surface area (Å²) in [5, 5.41) is 0.439. The van der Waals surface area contributed by atoms with Crippen LogP contribution in [0.2, 0.25) is 0 Å². The van der Waals surface area contributed by atoms with E-state index in [1.54, 1.807) is 31.2 Å². The van der Waals surface area contributed by atoms with Crippen molar-refractivity contribution in [3.63, 3.8) is 0 Å². The van der Waals surface area contributed by atoms with E-state index in [4.69, 9.17) is 4.74 Å². The van der Waals surface area contributed by atoms with Crippen molar-refractivity contribution in [2.75, 3.05) is 0 Å². The van der Waals surface area contributed by atoms with E-state index in [1.807, 2.05) is 6.92 Å². The minimum Gasteiger partial charge on any atom is -0.457 e. The van der Waals surface area contributed by atoms with Gasteiger partial charge in [-0.05, 0) is 42.8 Å². The molecule has 0 bridgehead atoms. The van der Waals surface area contributed by atoms with Crippen LogP contribution in [0.5, 0.6) is 0 Å². The smallest absolute Gasteiger partial charge is 0.309 e. The molecule has 134 valence electrons. The molecule has 0 radical (unpaired) electrons. The zero-order valence-electron chi connectivity index (χ0n) is 14.6. The van der Waals surface area contributed by atoms with Gasteiger partial charge in [0, 0.05) is 0 Å². The van der Waals surface area contributed by atoms with Crippen molar-refractivity contribution >= 4 is 16.9 Å². The van der Waals surface area contributed by atoms with Crippen LogP contribution >= 0.6 is 0 Å². The van der Waals surface area contributed by atoms with Gasteiger partial charge < -0.3 is 4.74 Å². The third-order valence-electron chi connectivity index (χ3n) is 4.29. The van der Waals surface area contributed by atoms with Crippen LogP contribution in [-0.2, 0) is 16.1 Å². The van der Waals surface area contributed by atoms with E-state index in [1.165, 1.54) is 28.8 Å². The summed E-state index contributed by atoms with van der Waals surface area (Å²) in [6, 6.07) is 12.5. The number of carbonyl (C=O) groups excluding carboxylic acids is 1. The van der Waals surface area contributed by atoms with Gasteiger partial charge in [-0.25, -0.2) is 9.37 Å². The highest BCUT2D eigenvalue weighted by molar-refractivity contribution is 5.78. The Bertz CT molecular complexity index is 996. The Labute approximate surface area is 150 Å². The largest absolute Gasteiger partial charge is 0.457 e. The lowest BCUT2D eigenvalue weighted by atomic mass is 10.1. The Balaban J connectivity index is 2.10. The molecule has 5 nitrogen and oxygen atoms in total. The number of hydrogen-bond donors (Lipinski definition) is 0. The number of rotatable bonds is 5. The Morgan fingerprint density at radius 3 is 2.58 bits per heavy atom. The summed E-state index contributed by atoms with van der Waals surface area (Å²) in [6.45, 7) is 3.54. The molecule has 0 saturated carbocycles. The van der Waals surface area contributed by atoms with Crippen molar-refractivity contribution in [3.05, 3.63) is 70.5 Å². The number of aromatic nitrogens is 2. The van der Waals surface area contributed by atoms with Crippen LogP contribution in [0.3, 0.4) is 0 Å². The van der Waals surface area contributed by atoms with Crippen LogP contribution in [0.15, 0.2) is 53.3 Å². The van der Waals surface area contributed by atoms with Crippen molar-refractivity contribution < 1.29 is 13.9 Å². The molecule has 2 aromatic carbocycles. The van der Waals surface area contributed by atoms with Gasteiger partial charge in [0.05, 0.1) is 22.5 Å². The number of ether oxygens (including phenoxy) is 1. The van der Waals surface area contributed by atoms with Crippen LogP contribution in [0, 0.1) is 11.7 Å². The molecule has 0 saturated heterocycles. The molecular formula is C20H19FN2O3. The molecule has 0 aliphatic carbocycles. The first-order valence-electron chi connectivity index (χ1n) is 8.44. The van der Waals surface area contributed by atoms with Crippen molar-refractivity contribution in [2.45, 2.75) is 26.9 Å². The van der Waals surface area contributed by atoms with E-state index in [-0.39, 0.29) is 29.9 Å². The number of fused-ring (bicyclic) bond motifs is 1. The normalized spacial score (nSPS) is 12.1. The molecule has 1 atom stereocenters. The predicted octanol–water partition coefficient (Wildman–Crippen LogP) is 3.61. The topological polar surface area (TPSA) is 61.2 Å². The fraction of sp³-hybridized carbons (Fsp3) is 0.250. The molecule has 3 aromatic rings. The van der Waals surface area contributed by atoms with Crippen LogP contribution in [0.4, 0.5) is 4.39 Å². The average molecular weight is 354 g/mol. The molecule has 6 heteroatoms. The van der Waals surface area contributed by atoms with E-state index in [2.05, 4.69) is 4.98 Å². The Morgan fingerprint density at radius 2 is 1.88 bits per heavy atom. The molecule has 0 unspecified atom stereocenters. The van der Waals surface area contributed by atoms with Crippen molar-refractivity contribution in [1.29, 1.82) is 0 Å². The SMILES string of the molecule is CC[C@@H](C)C(=O)OCc1nc2ccccc2c(=O)n1-c1ccc(F)cc1. The monoisotopic (exact) mass is 354 g/mol. The maximum atomic E-state index is 13.3. The molecule has 0 aliphatic heterocycles. The molecule has 0 N–H and O–H groups in total. The highest BCUT2D eigenvalue weighted by Gasteiger charge is 2.17. The van der Waals surface area contributed by atoms with E-state index in [0.29, 0.717) is 23.0 Å². The zero-order chi connectivity index (χ0) is 18.7. The number of esters is 1. The number of halogens is 1. The van der Waals surface area contributed by atoms with Gasteiger partial charge >= 0.3 is 5.97 Å². The second-order valence-electron chi connectivity index (χ2n) is 6.08. The van der Waals surface area contributed by atoms with E-state index in [9.17, 15) is 14.0 Å². The van der Waals surface area contributed by atoms with E-state index in [0.717, 1.165) is 0 Å². The molecule has 1 aromatic heterocycles. The summed E-state index contributed by atoms with van der Waals surface area (Å²) in [5.74, 6) is -0.695. The van der Waals surface area contributed by atoms with Gasteiger partial charge in [0.1, 0.15) is 12.4 Å². The van der Waals surface area contributed by atoms with Crippen molar-refractivity contribution in [1.82, 2.24) is 9.55 Å². The van der Waals surface area contributed by atoms with Gasteiger partial charge in [-0.1, -0.05) is 26.0 Å². The van der Waals surface area contributed by atoms with Gasteiger partial charge in [0.25, 0.3) is 5.56 Å². The first kappa shape index (κ1) is 17.8. The lowest BCUT2D eigenvalue weighted by Crippen LogP contribution is -2.25. The Morgan fingerprint density at radius 1 is 1.19 bits per heavy atom. The number of hydrogen-bond acceptors (Lipinski definition) is 4. The quantitative estimate of drug-likeness (QED) is 0.657. The third-order valence-corrected chi connectivity index (χ3v) is 4.29. The number of benzene rings is 2. The zero-order valence-corrected chi connectivity index (χ0v) is 14.6. The lowest BCUT2D eigenvalue weighted by Gasteiger charge is -2.15. The number of nitrogens with zero attached hydrogens (tertiary/aromatic N) is 2. The highest BCUT2D eigenvalue weighted by atomic mass is 19.1. The molecule has 26 heavy (non-hydrogen) atoms. The summed E-state index contributed by atoms with van der Waals surface area (Å²) < 4.78 is 20.0. The fourth-order valence-electron chi connectivity index (χ4n) is 2.58. The summed E-state index contributed by atoms with van der Waals surface area (Å²) in [7, 11) is 0. The Hall–Kier alpha value is -3.02. The van der Waals surface area contributed by atoms with Gasteiger partial charge in [-0.3, -0.25) is 14.2 Å². The molecular weight excluding hydrogens is 335 g/mol. The minimum atomic E-state index is -0.403. The predicted molar refractivity (Wildman–Crippen MR) is 96.5 cm³/mol. The second-order valence-corrected chi connectivity index (χ2v) is 6.08. The van der Waals surface area contributed by atoms with E-state index >= 15 is 0 Å². The average Bonchev–Trinajstić information content (AvgIpc) is 2.66. The molecule has 3 rings (SSSR count). The first-order chi connectivity index (χ1) is 12.5. The van der Waals surface area contributed by atoms with Crippen molar-refractivity contribution in [3.8, 4) is 5.69 Å². The fourth-order valence-corrected chi connectivity index (χ4v) is 2.58. The van der Waals surface area contributed by atoms with Gasteiger partial charge in [-0.2, -0.15) is 0 Å². The highest BCUT2D eigenvalue weighted by Crippen LogP contribution is 2.15. The Kier molecular flexibility index (Phi) is 5.11. The summed E-state index contributed by atoms with van der Waals surface area (Å²) in [5.41, 5.74) is 0.687. The second kappa shape index (κ2) is 7.47. The molecule has 0 spiro atoms. The minimum absolute atomic E-state index is 0.138. The summed E-state index contributed by atoms with van der Waals surface area (Å²) in [6.07, 6.45) is 0.661. The number of carbonyl (C=O) groups is 1. The third kappa shape index (κ3) is 3.49. The molecule has 1 heterocycles. The molecule has 0 amide bonds. The lowest BCUT2D eigenvalue weighted by molar-refractivity contribution is -0.149. The summed E-state index contributed by atoms with van der Waals surface area (Å²) in [4.78, 5) is 29.4. The van der Waals surface area contributed by atoms with Gasteiger partial charge in [0.15, 0.2) is 5.82 Å². The van der Waals surface area contributed by atoms with Crippen LogP contribution in [-0.4, -0.2) is 15.5 Å². The van der Waals surface area contributed by atoms with Crippen molar-refractivity contribution in [2.24, 2.45) is 5.92 Å². The van der Waals surface area contributed by atoms with Crippen LogP contribution in [0.1, 0.15) is 26.1 Å². The molecule has 0 fully saturated rings. The van der Waals surface area contributed by atoms with Gasteiger partial charge in [-0.15, -0.1) is 0 Å². The maximum Gasteiger partial charge on any atom is 0.309 e. The van der Waals surface area contributed by atoms with E-state index < -0.39 is 5.82 Å². The molecule has 0 aliphatic rings. The van der Waals surface area contributed by atoms with Crippen LogP contribution in [0.25, 0.3) is 16.6 Å². The standard InChI is InChI=1S/C20H19FN2O3/c1-3-13(2)20(25)26-12-18-22-17-7-5-4-6-16(17)19(24)23(18)15-10-8-14(21)9-11-15/h4-11,13H,3,12H2,1-2H3/t13-/m1/s1. The van der Waals surface area contributed by atoms with Crippen LogP contribution < -0.4 is 5.56 Å². The first-order valence-corrected chi connectivity index (χ1v) is 8.44. The maximum absolute atomic E-state index is 13.3.